The quantitative estimate of drug-likeness (QED) is 0.394. The number of rotatable bonds is 5. The van der Waals surface area contributed by atoms with Gasteiger partial charge in [0, 0.05) is 48.7 Å². The van der Waals surface area contributed by atoms with Crippen LogP contribution in [0.2, 0.25) is 0 Å². The summed E-state index contributed by atoms with van der Waals surface area (Å²) in [5, 5.41) is 6.96. The number of nitrogens with zero attached hydrogens (tertiary/aromatic N) is 2. The molecule has 0 spiro atoms. The summed E-state index contributed by atoms with van der Waals surface area (Å²) in [4.78, 5) is 5.01. The molecule has 0 atom stereocenters. The fourth-order valence-corrected chi connectivity index (χ4v) is 3.78. The zero-order valence-corrected chi connectivity index (χ0v) is 18.1. The Labute approximate surface area is 178 Å². The van der Waals surface area contributed by atoms with Crippen LogP contribution in [-0.4, -0.2) is 18.1 Å². The molecule has 4 nitrogen and oxygen atoms in total. The number of anilines is 2. The van der Waals surface area contributed by atoms with Gasteiger partial charge in [0.05, 0.1) is 0 Å². The molecular weight excluding hydrogens is 380 g/mol. The van der Waals surface area contributed by atoms with E-state index in [0.29, 0.717) is 0 Å². The van der Waals surface area contributed by atoms with Crippen LogP contribution < -0.4 is 27.6 Å². The van der Waals surface area contributed by atoms with Crippen LogP contribution in [0.1, 0.15) is 25.0 Å². The molecule has 1 heterocycles. The summed E-state index contributed by atoms with van der Waals surface area (Å²) in [6.07, 6.45) is 0. The first-order chi connectivity index (χ1) is 13.6. The van der Waals surface area contributed by atoms with Crippen molar-refractivity contribution in [3.63, 3.8) is 0 Å². The number of nitrogens with one attached hydrogen (secondary N) is 2. The lowest BCUT2D eigenvalue weighted by Gasteiger charge is -2.12. The van der Waals surface area contributed by atoms with Gasteiger partial charge < -0.3 is 23.0 Å². The third-order valence-corrected chi connectivity index (χ3v) is 5.11. The maximum atomic E-state index is 5.01. The van der Waals surface area contributed by atoms with E-state index in [2.05, 4.69) is 97.5 Å². The first kappa shape index (κ1) is 20.9. The summed E-state index contributed by atoms with van der Waals surface area (Å²) in [6, 6.07) is 19.3. The molecule has 0 aliphatic heterocycles. The number of benzene rings is 3. The number of aromatic nitrogens is 2. The molecule has 4 aromatic rings. The van der Waals surface area contributed by atoms with Crippen LogP contribution in [0, 0.1) is 13.8 Å². The maximum absolute atomic E-state index is 5.01. The molecule has 5 heteroatoms. The van der Waals surface area contributed by atoms with Gasteiger partial charge in [-0.1, -0.05) is 18.2 Å². The fourth-order valence-electron chi connectivity index (χ4n) is 3.78. The standard InChI is InChI=1S/C24H26N4.ClH/c1-5-25-19-14-23-21(12-16(19)3)27-22-13-17(4)20(26-6-2)15-24(22)28(23)18-10-8-7-9-11-18;/h7-15H,5-6H2,1-4H3,(H,25,26);1H. The van der Waals surface area contributed by atoms with E-state index in [0.717, 1.165) is 52.2 Å². The van der Waals surface area contributed by atoms with Crippen molar-refractivity contribution in [1.29, 1.82) is 0 Å². The molecule has 0 amide bonds. The predicted molar refractivity (Wildman–Crippen MR) is 119 cm³/mol. The maximum Gasteiger partial charge on any atom is 0.239 e. The molecule has 150 valence electrons. The Morgan fingerprint density at radius 2 is 1.24 bits per heavy atom. The van der Waals surface area contributed by atoms with E-state index in [9.17, 15) is 0 Å². The molecule has 0 aliphatic carbocycles. The smallest absolute Gasteiger partial charge is 0.239 e. The van der Waals surface area contributed by atoms with Crippen LogP contribution in [0.3, 0.4) is 0 Å². The molecule has 29 heavy (non-hydrogen) atoms. The molecular formula is C24H27ClN4. The topological polar surface area (TPSA) is 40.8 Å². The summed E-state index contributed by atoms with van der Waals surface area (Å²) < 4.78 is 2.32. The third-order valence-electron chi connectivity index (χ3n) is 5.11. The van der Waals surface area contributed by atoms with E-state index < -0.39 is 0 Å². The number of fused-ring (bicyclic) bond motifs is 2. The minimum Gasteiger partial charge on any atom is -1.00 e. The first-order valence-corrected chi connectivity index (χ1v) is 9.96. The molecule has 0 saturated heterocycles. The van der Waals surface area contributed by atoms with Crippen LogP contribution in [0.4, 0.5) is 11.4 Å². The average molecular weight is 407 g/mol. The van der Waals surface area contributed by atoms with Crippen LogP contribution >= 0.6 is 0 Å². The van der Waals surface area contributed by atoms with Crippen molar-refractivity contribution in [2.24, 2.45) is 0 Å². The largest absolute Gasteiger partial charge is 1.00 e. The average Bonchev–Trinajstić information content (AvgIpc) is 2.69. The van der Waals surface area contributed by atoms with Gasteiger partial charge in [0.25, 0.3) is 0 Å². The molecule has 3 aromatic carbocycles. The van der Waals surface area contributed by atoms with Crippen molar-refractivity contribution >= 4 is 33.4 Å². The summed E-state index contributed by atoms with van der Waals surface area (Å²) >= 11 is 0. The molecule has 0 unspecified atom stereocenters. The first-order valence-electron chi connectivity index (χ1n) is 9.96. The Balaban J connectivity index is 0.00000240. The normalized spacial score (nSPS) is 10.8. The number of halogens is 1. The summed E-state index contributed by atoms with van der Waals surface area (Å²) in [5.41, 5.74) is 10.1. The Morgan fingerprint density at radius 3 is 1.69 bits per heavy atom. The summed E-state index contributed by atoms with van der Waals surface area (Å²) in [7, 11) is 0. The van der Waals surface area contributed by atoms with Crippen molar-refractivity contribution in [3.05, 3.63) is 65.7 Å². The van der Waals surface area contributed by atoms with Crippen molar-refractivity contribution < 1.29 is 17.0 Å². The van der Waals surface area contributed by atoms with Gasteiger partial charge in [-0.2, -0.15) is 0 Å². The molecule has 0 fully saturated rings. The summed E-state index contributed by atoms with van der Waals surface area (Å²) in [5.74, 6) is 0. The van der Waals surface area contributed by atoms with Gasteiger partial charge >= 0.3 is 0 Å². The second-order valence-corrected chi connectivity index (χ2v) is 7.16. The lowest BCUT2D eigenvalue weighted by molar-refractivity contribution is -0.538. The lowest BCUT2D eigenvalue weighted by atomic mass is 10.1. The Bertz CT molecular complexity index is 1090. The minimum atomic E-state index is 0. The molecule has 4 rings (SSSR count). The minimum absolute atomic E-state index is 0. The highest BCUT2D eigenvalue weighted by molar-refractivity contribution is 5.87. The van der Waals surface area contributed by atoms with Gasteiger partial charge in [-0.15, -0.1) is 4.57 Å². The van der Waals surface area contributed by atoms with Gasteiger partial charge in [0.2, 0.25) is 16.7 Å². The molecule has 0 bridgehead atoms. The molecule has 0 radical (unpaired) electrons. The number of para-hydroxylation sites is 1. The van der Waals surface area contributed by atoms with Crippen LogP contribution in [0.25, 0.3) is 27.8 Å². The molecule has 0 saturated carbocycles. The van der Waals surface area contributed by atoms with Crippen LogP contribution in [0.15, 0.2) is 54.6 Å². The lowest BCUT2D eigenvalue weighted by Crippen LogP contribution is -3.00. The third kappa shape index (κ3) is 3.85. The fraction of sp³-hybridized carbons (Fsp3) is 0.250. The van der Waals surface area contributed by atoms with Gasteiger partial charge in [-0.25, -0.2) is 4.98 Å². The molecule has 1 aromatic heterocycles. The highest BCUT2D eigenvalue weighted by atomic mass is 35.5. The number of hydrogen-bond donors (Lipinski definition) is 2. The van der Waals surface area contributed by atoms with Gasteiger partial charge in [-0.05, 0) is 51.0 Å². The second-order valence-electron chi connectivity index (χ2n) is 7.16. The zero-order chi connectivity index (χ0) is 19.7. The molecule has 0 aliphatic rings. The zero-order valence-electron chi connectivity index (χ0n) is 17.4. The van der Waals surface area contributed by atoms with E-state index in [1.54, 1.807) is 0 Å². The van der Waals surface area contributed by atoms with Crippen molar-refractivity contribution in [2.45, 2.75) is 27.7 Å². The van der Waals surface area contributed by atoms with Crippen LogP contribution in [0.5, 0.6) is 0 Å². The number of hydrogen-bond acceptors (Lipinski definition) is 3. The van der Waals surface area contributed by atoms with Crippen molar-refractivity contribution in [3.8, 4) is 5.69 Å². The van der Waals surface area contributed by atoms with Gasteiger partial charge in [0.1, 0.15) is 11.0 Å². The van der Waals surface area contributed by atoms with E-state index in [1.165, 1.54) is 11.1 Å². The van der Waals surface area contributed by atoms with Crippen molar-refractivity contribution in [1.82, 2.24) is 4.98 Å². The van der Waals surface area contributed by atoms with Crippen molar-refractivity contribution in [2.75, 3.05) is 23.7 Å². The van der Waals surface area contributed by atoms with Crippen LogP contribution in [-0.2, 0) is 0 Å². The van der Waals surface area contributed by atoms with Gasteiger partial charge in [0.15, 0.2) is 0 Å². The predicted octanol–water partition coefficient (Wildman–Crippen LogP) is 2.15. The summed E-state index contributed by atoms with van der Waals surface area (Å²) in [6.45, 7) is 10.3. The van der Waals surface area contributed by atoms with E-state index in [-0.39, 0.29) is 12.4 Å². The second kappa shape index (κ2) is 8.66. The number of aryl methyl sites for hydroxylation is 2. The highest BCUT2D eigenvalue weighted by Crippen LogP contribution is 2.27. The van der Waals surface area contributed by atoms with E-state index in [4.69, 9.17) is 4.98 Å². The van der Waals surface area contributed by atoms with E-state index >= 15 is 0 Å². The monoisotopic (exact) mass is 406 g/mol. The highest BCUT2D eigenvalue weighted by Gasteiger charge is 2.21. The van der Waals surface area contributed by atoms with E-state index in [1.807, 2.05) is 0 Å². The SMILES string of the molecule is CCNc1cc2c(cc1C)nc1cc(C)c(NCC)cc1[n+]2-c1ccccc1.[Cl-]. The Kier molecular flexibility index (Phi) is 6.23. The molecule has 2 N–H and O–H groups in total. The Hall–Kier alpha value is -2.85. The van der Waals surface area contributed by atoms with Gasteiger partial charge in [-0.3, -0.25) is 0 Å². The Morgan fingerprint density at radius 1 is 0.759 bits per heavy atom.